The Morgan fingerprint density at radius 1 is 0.967 bits per heavy atom. The molecule has 0 heterocycles. The summed E-state index contributed by atoms with van der Waals surface area (Å²) in [6, 6.07) is 6.64. The van der Waals surface area contributed by atoms with Gasteiger partial charge < -0.3 is 4.74 Å². The van der Waals surface area contributed by atoms with Crippen LogP contribution in [0.25, 0.3) is 0 Å². The van der Waals surface area contributed by atoms with Crippen LogP contribution in [0.2, 0.25) is 0 Å². The van der Waals surface area contributed by atoms with Gasteiger partial charge in [0.2, 0.25) is 0 Å². The third-order valence-electron chi connectivity index (χ3n) is 3.55. The summed E-state index contributed by atoms with van der Waals surface area (Å²) in [5.41, 5.74) is -4.23. The highest BCUT2D eigenvalue weighted by atomic mass is 32.2. The lowest BCUT2D eigenvalue weighted by atomic mass is 10.1. The largest absolute Gasteiger partial charge is 0.497 e. The molecule has 0 aliphatic carbocycles. The molecule has 0 aliphatic heterocycles. The van der Waals surface area contributed by atoms with E-state index in [1.54, 1.807) is 0 Å². The Hall–Kier alpha value is -3.27. The van der Waals surface area contributed by atoms with Gasteiger partial charge in [-0.3, -0.25) is 4.28 Å². The molecule has 0 radical (unpaired) electrons. The Morgan fingerprint density at radius 3 is 1.87 bits per heavy atom. The van der Waals surface area contributed by atoms with Gasteiger partial charge >= 0.3 is 22.5 Å². The fraction of sp³-hybridized carbons (Fsp3) is 0.176. The molecule has 0 saturated heterocycles. The topological polar surface area (TPSA) is 88.8 Å². The lowest BCUT2D eigenvalue weighted by Crippen LogP contribution is -2.14. The zero-order chi connectivity index (χ0) is 22.7. The van der Waals surface area contributed by atoms with E-state index in [-0.39, 0.29) is 23.8 Å². The molecule has 0 bridgehead atoms. The molecule has 6 nitrogen and oxygen atoms in total. The minimum atomic E-state index is -5.25. The Morgan fingerprint density at radius 2 is 1.47 bits per heavy atom. The third-order valence-corrected chi connectivity index (χ3v) is 4.63. The van der Waals surface area contributed by atoms with Crippen molar-refractivity contribution >= 4 is 15.8 Å². The number of benzene rings is 2. The summed E-state index contributed by atoms with van der Waals surface area (Å²) >= 11 is 0. The van der Waals surface area contributed by atoms with Crippen LogP contribution in [-0.4, -0.2) is 21.2 Å². The zero-order valence-corrected chi connectivity index (χ0v) is 15.6. The summed E-state index contributed by atoms with van der Waals surface area (Å²) in [5, 5.41) is 12.2. The first-order valence-electron chi connectivity index (χ1n) is 7.63. The van der Waals surface area contributed by atoms with Crippen molar-refractivity contribution in [3.05, 3.63) is 59.2 Å². The van der Waals surface area contributed by atoms with E-state index < -0.39 is 44.2 Å². The molecule has 2 aromatic rings. The standard InChI is InChI=1S/C17H10F6N2O4S/c1-28-13-4-2-10(3-5-13)15(9-24)25-29-30(26,27)14-7-11(16(18,19)20)6-12(8-14)17(21,22)23/h2-8H,1H3/b25-15-. The molecule has 160 valence electrons. The van der Waals surface area contributed by atoms with Crippen molar-refractivity contribution in [1.29, 1.82) is 5.26 Å². The average molecular weight is 452 g/mol. The number of rotatable bonds is 5. The molecule has 13 heteroatoms. The van der Waals surface area contributed by atoms with Crippen LogP contribution in [0.3, 0.4) is 0 Å². The predicted molar refractivity (Wildman–Crippen MR) is 89.9 cm³/mol. The minimum Gasteiger partial charge on any atom is -0.497 e. The summed E-state index contributed by atoms with van der Waals surface area (Å²) in [4.78, 5) is -1.43. The second-order valence-corrected chi connectivity index (χ2v) is 7.08. The van der Waals surface area contributed by atoms with Crippen LogP contribution >= 0.6 is 0 Å². The van der Waals surface area contributed by atoms with Crippen molar-refractivity contribution in [2.45, 2.75) is 17.2 Å². The van der Waals surface area contributed by atoms with E-state index in [4.69, 9.17) is 10.00 Å². The highest BCUT2D eigenvalue weighted by Crippen LogP contribution is 2.37. The molecule has 30 heavy (non-hydrogen) atoms. The maximum atomic E-state index is 12.9. The highest BCUT2D eigenvalue weighted by Gasteiger charge is 2.38. The van der Waals surface area contributed by atoms with Gasteiger partial charge in [0.25, 0.3) is 0 Å². The number of halogens is 6. The summed E-state index contributed by atoms with van der Waals surface area (Å²) in [7, 11) is -3.85. The summed E-state index contributed by atoms with van der Waals surface area (Å²) < 4.78 is 111. The average Bonchev–Trinajstić information content (AvgIpc) is 2.67. The molecule has 0 amide bonds. The number of nitrogens with zero attached hydrogens (tertiary/aromatic N) is 2. The first-order chi connectivity index (χ1) is 13.8. The Kier molecular flexibility index (Phi) is 6.31. The smallest absolute Gasteiger partial charge is 0.416 e. The van der Waals surface area contributed by atoms with Gasteiger partial charge in [-0.1, -0.05) is 5.16 Å². The molecule has 0 saturated carbocycles. The Labute approximate surface area is 166 Å². The second-order valence-electron chi connectivity index (χ2n) is 5.55. The van der Waals surface area contributed by atoms with Gasteiger partial charge in [0, 0.05) is 5.56 Å². The maximum absolute atomic E-state index is 12.9. The van der Waals surface area contributed by atoms with Gasteiger partial charge in [-0.05, 0) is 42.5 Å². The third kappa shape index (κ3) is 5.41. The van der Waals surface area contributed by atoms with E-state index >= 15 is 0 Å². The second kappa shape index (κ2) is 8.23. The molecular formula is C17H10F6N2O4S. The van der Waals surface area contributed by atoms with Gasteiger partial charge in [-0.2, -0.15) is 40.0 Å². The van der Waals surface area contributed by atoms with Crippen molar-refractivity contribution in [3.63, 3.8) is 0 Å². The van der Waals surface area contributed by atoms with Gasteiger partial charge in [-0.15, -0.1) is 0 Å². The van der Waals surface area contributed by atoms with Crippen LogP contribution in [-0.2, 0) is 26.8 Å². The number of nitriles is 1. The highest BCUT2D eigenvalue weighted by molar-refractivity contribution is 7.86. The van der Waals surface area contributed by atoms with Crippen LogP contribution in [0.15, 0.2) is 52.5 Å². The Bertz CT molecular complexity index is 1070. The first kappa shape index (κ1) is 23.0. The van der Waals surface area contributed by atoms with Crippen molar-refractivity contribution in [2.24, 2.45) is 5.16 Å². The monoisotopic (exact) mass is 452 g/mol. The Balaban J connectivity index is 2.47. The van der Waals surface area contributed by atoms with E-state index in [9.17, 15) is 34.8 Å². The number of methoxy groups -OCH3 is 1. The molecule has 0 fully saturated rings. The number of hydrogen-bond donors (Lipinski definition) is 0. The van der Waals surface area contributed by atoms with E-state index in [0.29, 0.717) is 5.75 Å². The summed E-state index contributed by atoms with van der Waals surface area (Å²) in [6.07, 6.45) is -10.5. The summed E-state index contributed by atoms with van der Waals surface area (Å²) in [5.74, 6) is 0.397. The quantitative estimate of drug-likeness (QED) is 0.382. The van der Waals surface area contributed by atoms with Crippen LogP contribution < -0.4 is 4.74 Å². The van der Waals surface area contributed by atoms with Crippen molar-refractivity contribution in [2.75, 3.05) is 7.11 Å². The number of alkyl halides is 6. The fourth-order valence-electron chi connectivity index (χ4n) is 2.09. The van der Waals surface area contributed by atoms with Crippen LogP contribution in [0.5, 0.6) is 5.75 Å². The van der Waals surface area contributed by atoms with Crippen molar-refractivity contribution in [3.8, 4) is 11.8 Å². The molecule has 0 spiro atoms. The van der Waals surface area contributed by atoms with Gasteiger partial charge in [0.1, 0.15) is 16.7 Å². The molecule has 0 unspecified atom stereocenters. The lowest BCUT2D eigenvalue weighted by Gasteiger charge is -2.13. The van der Waals surface area contributed by atoms with E-state index in [0.717, 1.165) is 0 Å². The first-order valence-corrected chi connectivity index (χ1v) is 9.04. The normalized spacial score (nSPS) is 12.9. The van der Waals surface area contributed by atoms with Crippen LogP contribution in [0, 0.1) is 11.3 Å². The molecule has 2 aromatic carbocycles. The van der Waals surface area contributed by atoms with Gasteiger partial charge in [0.05, 0.1) is 18.2 Å². The predicted octanol–water partition coefficient (Wildman–Crippen LogP) is 4.37. The molecule has 0 aromatic heterocycles. The summed E-state index contributed by atoms with van der Waals surface area (Å²) in [6.45, 7) is 0. The van der Waals surface area contributed by atoms with Crippen molar-refractivity contribution < 1.29 is 43.8 Å². The molecular weight excluding hydrogens is 442 g/mol. The zero-order valence-electron chi connectivity index (χ0n) is 14.7. The molecule has 2 rings (SSSR count). The fourth-order valence-corrected chi connectivity index (χ4v) is 2.89. The minimum absolute atomic E-state index is 0.0283. The van der Waals surface area contributed by atoms with Crippen molar-refractivity contribution in [1.82, 2.24) is 0 Å². The van der Waals surface area contributed by atoms with Crippen LogP contribution in [0.4, 0.5) is 26.3 Å². The van der Waals surface area contributed by atoms with Crippen LogP contribution in [0.1, 0.15) is 16.7 Å². The van der Waals surface area contributed by atoms with E-state index in [1.807, 2.05) is 0 Å². The lowest BCUT2D eigenvalue weighted by molar-refractivity contribution is -0.143. The molecule has 0 aliphatic rings. The van der Waals surface area contributed by atoms with E-state index in [1.165, 1.54) is 37.4 Å². The van der Waals surface area contributed by atoms with Gasteiger partial charge in [0.15, 0.2) is 5.71 Å². The van der Waals surface area contributed by atoms with E-state index in [2.05, 4.69) is 9.44 Å². The molecule has 0 N–H and O–H groups in total. The number of hydrogen-bond acceptors (Lipinski definition) is 6. The SMILES string of the molecule is COc1ccc(/C(C#N)=N\OS(=O)(=O)c2cc(C(F)(F)F)cc(C(F)(F)F)c2)cc1. The number of oxime groups is 1. The van der Waals surface area contributed by atoms with Gasteiger partial charge in [-0.25, -0.2) is 0 Å². The molecule has 0 atom stereocenters. The maximum Gasteiger partial charge on any atom is 0.416 e. The number of ether oxygens (including phenoxy) is 1.